The Morgan fingerprint density at radius 1 is 1.00 bits per heavy atom. The van der Waals surface area contributed by atoms with Gasteiger partial charge in [0.15, 0.2) is 0 Å². The third kappa shape index (κ3) is 2.05. The molecule has 4 aromatic rings. The van der Waals surface area contributed by atoms with Gasteiger partial charge in [-0.05, 0) is 29.0 Å². The lowest BCUT2D eigenvalue weighted by atomic mass is 10.0. The van der Waals surface area contributed by atoms with E-state index in [0.29, 0.717) is 16.6 Å². The smallest absolute Gasteiger partial charge is 0.340 e. The molecule has 0 aliphatic rings. The highest BCUT2D eigenvalue weighted by Crippen LogP contribution is 2.31. The van der Waals surface area contributed by atoms with Gasteiger partial charge in [-0.25, -0.2) is 9.18 Å². The summed E-state index contributed by atoms with van der Waals surface area (Å²) in [4.78, 5) is 11.6. The maximum absolute atomic E-state index is 14.3. The molecule has 0 saturated heterocycles. The van der Waals surface area contributed by atoms with Crippen LogP contribution in [0.5, 0.6) is 0 Å². The maximum Gasteiger partial charge on any atom is 0.340 e. The van der Waals surface area contributed by atoms with E-state index in [4.69, 9.17) is 5.73 Å². The zero-order valence-corrected chi connectivity index (χ0v) is 12.0. The molecule has 1 aromatic heterocycles. The van der Waals surface area contributed by atoms with Crippen molar-refractivity contribution in [3.63, 3.8) is 0 Å². The van der Waals surface area contributed by atoms with Crippen molar-refractivity contribution in [3.8, 4) is 11.3 Å². The number of hydrogen-bond acceptors (Lipinski definition) is 2. The Kier molecular flexibility index (Phi) is 2.87. The minimum absolute atomic E-state index is 0.293. The predicted octanol–water partition coefficient (Wildman–Crippen LogP) is 3.92. The first-order chi connectivity index (χ1) is 11.1. The van der Waals surface area contributed by atoms with Crippen LogP contribution in [0.4, 0.5) is 9.18 Å². The van der Waals surface area contributed by atoms with Gasteiger partial charge in [0.1, 0.15) is 11.5 Å². The fraction of sp³-hybridized carbons (Fsp3) is 0. The number of halogens is 1. The SMILES string of the molecule is NC(=O)n1nc(-c2ccc3ccccc3c2)c2c(F)cccc21. The van der Waals surface area contributed by atoms with Gasteiger partial charge in [-0.15, -0.1) is 0 Å². The van der Waals surface area contributed by atoms with Crippen LogP contribution < -0.4 is 5.73 Å². The third-order valence-electron chi connectivity index (χ3n) is 3.89. The number of fused-ring (bicyclic) bond motifs is 2. The van der Waals surface area contributed by atoms with E-state index in [9.17, 15) is 9.18 Å². The molecule has 1 amide bonds. The van der Waals surface area contributed by atoms with Gasteiger partial charge in [0, 0.05) is 5.56 Å². The maximum atomic E-state index is 14.3. The third-order valence-corrected chi connectivity index (χ3v) is 3.89. The summed E-state index contributed by atoms with van der Waals surface area (Å²) in [7, 11) is 0. The van der Waals surface area contributed by atoms with Crippen molar-refractivity contribution in [1.29, 1.82) is 0 Å². The fourth-order valence-electron chi connectivity index (χ4n) is 2.83. The molecule has 0 radical (unpaired) electrons. The van der Waals surface area contributed by atoms with Gasteiger partial charge in [0.2, 0.25) is 0 Å². The molecule has 0 fully saturated rings. The summed E-state index contributed by atoms with van der Waals surface area (Å²) in [6.07, 6.45) is 0. The van der Waals surface area contributed by atoms with Crippen molar-refractivity contribution in [1.82, 2.24) is 9.78 Å². The average molecular weight is 305 g/mol. The standard InChI is InChI=1S/C18H12FN3O/c19-14-6-3-7-15-16(14)17(21-22(15)18(20)23)13-9-8-11-4-1-2-5-12(11)10-13/h1-10H,(H2,20,23). The van der Waals surface area contributed by atoms with Crippen molar-refractivity contribution in [2.75, 3.05) is 0 Å². The highest BCUT2D eigenvalue weighted by molar-refractivity contribution is 6.00. The molecule has 0 atom stereocenters. The van der Waals surface area contributed by atoms with Crippen LogP contribution in [0.1, 0.15) is 0 Å². The van der Waals surface area contributed by atoms with E-state index in [1.165, 1.54) is 12.1 Å². The molecule has 1 heterocycles. The van der Waals surface area contributed by atoms with Crippen LogP contribution >= 0.6 is 0 Å². The Hall–Kier alpha value is -3.21. The quantitative estimate of drug-likeness (QED) is 0.579. The normalized spacial score (nSPS) is 11.2. The second-order valence-electron chi connectivity index (χ2n) is 5.29. The lowest BCUT2D eigenvalue weighted by molar-refractivity contribution is 0.248. The van der Waals surface area contributed by atoms with E-state index in [2.05, 4.69) is 5.10 Å². The summed E-state index contributed by atoms with van der Waals surface area (Å²) in [6.45, 7) is 0. The first-order valence-electron chi connectivity index (χ1n) is 7.11. The number of benzene rings is 3. The first kappa shape index (κ1) is 13.5. The minimum atomic E-state index is -0.743. The molecule has 2 N–H and O–H groups in total. The highest BCUT2D eigenvalue weighted by atomic mass is 19.1. The van der Waals surface area contributed by atoms with Gasteiger partial charge >= 0.3 is 6.03 Å². The Bertz CT molecular complexity index is 1070. The number of carbonyl (C=O) groups is 1. The molecular formula is C18H12FN3O. The van der Waals surface area contributed by atoms with Gasteiger partial charge < -0.3 is 5.73 Å². The van der Waals surface area contributed by atoms with Gasteiger partial charge in [-0.2, -0.15) is 9.78 Å². The number of aromatic nitrogens is 2. The molecule has 4 nitrogen and oxygen atoms in total. The van der Waals surface area contributed by atoms with E-state index in [0.717, 1.165) is 21.0 Å². The van der Waals surface area contributed by atoms with Crippen molar-refractivity contribution in [3.05, 3.63) is 66.5 Å². The average Bonchev–Trinajstić information content (AvgIpc) is 2.96. The molecule has 112 valence electrons. The number of nitrogens with zero attached hydrogens (tertiary/aromatic N) is 2. The summed E-state index contributed by atoms with van der Waals surface area (Å²) >= 11 is 0. The second kappa shape index (κ2) is 4.91. The van der Waals surface area contributed by atoms with Crippen LogP contribution in [0.2, 0.25) is 0 Å². The molecule has 0 aliphatic heterocycles. The Morgan fingerprint density at radius 2 is 1.78 bits per heavy atom. The molecule has 0 saturated carbocycles. The summed E-state index contributed by atoms with van der Waals surface area (Å²) in [5.74, 6) is -0.432. The Labute approximate surface area is 130 Å². The summed E-state index contributed by atoms with van der Waals surface area (Å²) in [6, 6.07) is 17.4. The van der Waals surface area contributed by atoms with E-state index < -0.39 is 11.8 Å². The van der Waals surface area contributed by atoms with Gasteiger partial charge in [-0.1, -0.05) is 42.5 Å². The second-order valence-corrected chi connectivity index (χ2v) is 5.29. The van der Waals surface area contributed by atoms with E-state index >= 15 is 0 Å². The molecule has 0 unspecified atom stereocenters. The number of hydrogen-bond donors (Lipinski definition) is 1. The van der Waals surface area contributed by atoms with Crippen molar-refractivity contribution in [2.24, 2.45) is 5.73 Å². The topological polar surface area (TPSA) is 60.9 Å². The summed E-state index contributed by atoms with van der Waals surface area (Å²) in [5, 5.41) is 6.62. The minimum Gasteiger partial charge on any atom is -0.350 e. The summed E-state index contributed by atoms with van der Waals surface area (Å²) in [5.41, 5.74) is 6.85. The zero-order chi connectivity index (χ0) is 16.0. The lowest BCUT2D eigenvalue weighted by Crippen LogP contribution is -2.20. The number of carbonyl (C=O) groups excluding carboxylic acids is 1. The monoisotopic (exact) mass is 305 g/mol. The van der Waals surface area contributed by atoms with E-state index in [1.54, 1.807) is 6.07 Å². The van der Waals surface area contributed by atoms with E-state index in [1.807, 2.05) is 42.5 Å². The molecule has 0 bridgehead atoms. The first-order valence-corrected chi connectivity index (χ1v) is 7.11. The van der Waals surface area contributed by atoms with Crippen molar-refractivity contribution in [2.45, 2.75) is 0 Å². The molecule has 4 rings (SSSR count). The lowest BCUT2D eigenvalue weighted by Gasteiger charge is -2.02. The van der Waals surface area contributed by atoms with Gasteiger partial charge in [0.25, 0.3) is 0 Å². The largest absolute Gasteiger partial charge is 0.350 e. The number of nitrogens with two attached hydrogens (primary N) is 1. The number of amides is 1. The zero-order valence-electron chi connectivity index (χ0n) is 12.0. The van der Waals surface area contributed by atoms with Crippen molar-refractivity contribution >= 4 is 27.7 Å². The van der Waals surface area contributed by atoms with Crippen LogP contribution in [0.25, 0.3) is 32.9 Å². The molecule has 3 aromatic carbocycles. The van der Waals surface area contributed by atoms with Crippen LogP contribution in [-0.2, 0) is 0 Å². The fourth-order valence-corrected chi connectivity index (χ4v) is 2.83. The van der Waals surface area contributed by atoms with Crippen LogP contribution in [0, 0.1) is 5.82 Å². The van der Waals surface area contributed by atoms with Gasteiger partial charge in [0.05, 0.1) is 10.9 Å². The number of rotatable bonds is 1. The Balaban J connectivity index is 2.05. The molecular weight excluding hydrogens is 293 g/mol. The van der Waals surface area contributed by atoms with Crippen molar-refractivity contribution < 1.29 is 9.18 Å². The van der Waals surface area contributed by atoms with Gasteiger partial charge in [-0.3, -0.25) is 0 Å². The number of primary amides is 1. The molecule has 0 aliphatic carbocycles. The predicted molar refractivity (Wildman–Crippen MR) is 87.6 cm³/mol. The molecule has 0 spiro atoms. The summed E-state index contributed by atoms with van der Waals surface area (Å²) < 4.78 is 15.3. The van der Waals surface area contributed by atoms with Crippen LogP contribution in [0.15, 0.2) is 60.7 Å². The molecule has 23 heavy (non-hydrogen) atoms. The molecule has 5 heteroatoms. The highest BCUT2D eigenvalue weighted by Gasteiger charge is 2.18. The Morgan fingerprint density at radius 3 is 2.57 bits per heavy atom. The van der Waals surface area contributed by atoms with Crippen LogP contribution in [0.3, 0.4) is 0 Å². The van der Waals surface area contributed by atoms with E-state index in [-0.39, 0.29) is 0 Å². The van der Waals surface area contributed by atoms with Crippen LogP contribution in [-0.4, -0.2) is 15.8 Å².